The molecule has 2 aliphatic heterocycles. The van der Waals surface area contributed by atoms with Crippen molar-refractivity contribution < 1.29 is 0 Å². The van der Waals surface area contributed by atoms with Gasteiger partial charge in [-0.1, -0.05) is 12.1 Å². The lowest BCUT2D eigenvalue weighted by Crippen LogP contribution is -2.54. The molecule has 10 N–H and O–H groups in total. The second kappa shape index (κ2) is 9.18. The zero-order chi connectivity index (χ0) is 22.0. The van der Waals surface area contributed by atoms with Crippen molar-refractivity contribution in [1.29, 1.82) is 0 Å². The first-order valence-electron chi connectivity index (χ1n) is 10.7. The average Bonchev–Trinajstić information content (AvgIpc) is 2.71. The molecule has 11 heteroatoms. The second-order valence-corrected chi connectivity index (χ2v) is 8.70. The molecule has 0 saturated carbocycles. The quantitative estimate of drug-likeness (QED) is 0.335. The minimum Gasteiger partial charge on any atom is -0.338 e. The first kappa shape index (κ1) is 21.5. The van der Waals surface area contributed by atoms with E-state index in [2.05, 4.69) is 20.8 Å². The highest BCUT2D eigenvalue weighted by Crippen LogP contribution is 2.22. The Kier molecular flexibility index (Phi) is 6.37. The number of nitrogens with one attached hydrogen (secondary N) is 2. The number of aryl methyl sites for hydroxylation is 1. The number of rotatable bonds is 5. The van der Waals surface area contributed by atoms with Crippen molar-refractivity contribution in [2.75, 3.05) is 46.8 Å². The van der Waals surface area contributed by atoms with Crippen LogP contribution in [0.5, 0.6) is 0 Å². The fourth-order valence-electron chi connectivity index (χ4n) is 4.23. The van der Waals surface area contributed by atoms with Crippen LogP contribution in [-0.4, -0.2) is 65.3 Å². The van der Waals surface area contributed by atoms with E-state index >= 15 is 0 Å². The van der Waals surface area contributed by atoms with Crippen molar-refractivity contribution in [1.82, 2.24) is 15.0 Å². The molecule has 0 bridgehead atoms. The monoisotopic (exact) mass is 427 g/mol. The van der Waals surface area contributed by atoms with Gasteiger partial charge >= 0.3 is 0 Å². The molecule has 0 amide bonds. The number of hydrogen-bond donors (Lipinski definition) is 6. The van der Waals surface area contributed by atoms with Crippen LogP contribution in [0.2, 0.25) is 0 Å². The summed E-state index contributed by atoms with van der Waals surface area (Å²) in [5, 5.41) is 0. The summed E-state index contributed by atoms with van der Waals surface area (Å²) in [6, 6.07) is 7.91. The molecule has 11 nitrogen and oxygen atoms in total. The highest BCUT2D eigenvalue weighted by atomic mass is 15.5. The van der Waals surface area contributed by atoms with E-state index < -0.39 is 0 Å². The van der Waals surface area contributed by atoms with Gasteiger partial charge in [-0.2, -0.15) is 15.0 Å². The summed E-state index contributed by atoms with van der Waals surface area (Å²) in [6.45, 7) is 4.60. The van der Waals surface area contributed by atoms with Crippen LogP contribution >= 0.6 is 0 Å². The number of anilines is 4. The minimum absolute atomic E-state index is 0.0253. The third-order valence-electron chi connectivity index (χ3n) is 5.54. The lowest BCUT2D eigenvalue weighted by atomic mass is 10.0. The smallest absolute Gasteiger partial charge is 0.248 e. The Labute approximate surface area is 182 Å². The SMILES string of the molecule is Cc1cccc(NNc2nc(N3C[C@H](N)C[C@H](N)C3)nc(N3C[C@H](N)C[C@H](N)C3)n2)c1. The van der Waals surface area contributed by atoms with Gasteiger partial charge in [-0.05, 0) is 37.5 Å². The topological polar surface area (TPSA) is 173 Å². The van der Waals surface area contributed by atoms with E-state index in [1.165, 1.54) is 0 Å². The molecule has 2 aliphatic rings. The summed E-state index contributed by atoms with van der Waals surface area (Å²) in [4.78, 5) is 18.0. The summed E-state index contributed by atoms with van der Waals surface area (Å²) in [7, 11) is 0. The van der Waals surface area contributed by atoms with Gasteiger partial charge < -0.3 is 32.7 Å². The van der Waals surface area contributed by atoms with Crippen molar-refractivity contribution in [2.45, 2.75) is 43.9 Å². The van der Waals surface area contributed by atoms with Gasteiger partial charge in [0.1, 0.15) is 0 Å². The van der Waals surface area contributed by atoms with E-state index in [9.17, 15) is 0 Å². The second-order valence-electron chi connectivity index (χ2n) is 8.70. The fraction of sp³-hybridized carbons (Fsp3) is 0.550. The molecular formula is C20H33N11. The maximum atomic E-state index is 6.19. The summed E-state index contributed by atoms with van der Waals surface area (Å²) >= 11 is 0. The molecule has 2 fully saturated rings. The molecule has 4 rings (SSSR count). The maximum Gasteiger partial charge on any atom is 0.248 e. The van der Waals surface area contributed by atoms with Crippen molar-refractivity contribution in [3.8, 4) is 0 Å². The predicted molar refractivity (Wildman–Crippen MR) is 124 cm³/mol. The Morgan fingerprint density at radius 2 is 1.29 bits per heavy atom. The van der Waals surface area contributed by atoms with Gasteiger partial charge in [0.2, 0.25) is 17.8 Å². The van der Waals surface area contributed by atoms with Crippen LogP contribution in [0.15, 0.2) is 24.3 Å². The number of piperidine rings is 2. The lowest BCUT2D eigenvalue weighted by Gasteiger charge is -2.37. The van der Waals surface area contributed by atoms with Gasteiger partial charge in [-0.3, -0.25) is 10.9 Å². The first-order valence-corrected chi connectivity index (χ1v) is 10.7. The van der Waals surface area contributed by atoms with Crippen LogP contribution in [0.25, 0.3) is 0 Å². The van der Waals surface area contributed by atoms with Crippen LogP contribution in [0.4, 0.5) is 23.5 Å². The molecule has 0 aliphatic carbocycles. The first-order chi connectivity index (χ1) is 14.9. The summed E-state index contributed by atoms with van der Waals surface area (Å²) in [5.74, 6) is 1.48. The lowest BCUT2D eigenvalue weighted by molar-refractivity contribution is 0.441. The number of nitrogens with zero attached hydrogens (tertiary/aromatic N) is 5. The number of benzene rings is 1. The molecule has 2 saturated heterocycles. The van der Waals surface area contributed by atoms with E-state index in [4.69, 9.17) is 27.9 Å². The van der Waals surface area contributed by atoms with Crippen LogP contribution < -0.4 is 43.6 Å². The number of nitrogens with two attached hydrogens (primary N) is 4. The minimum atomic E-state index is -0.0253. The van der Waals surface area contributed by atoms with E-state index in [-0.39, 0.29) is 24.2 Å². The van der Waals surface area contributed by atoms with E-state index in [0.717, 1.165) is 24.1 Å². The Bertz CT molecular complexity index is 827. The fourth-order valence-corrected chi connectivity index (χ4v) is 4.23. The van der Waals surface area contributed by atoms with Gasteiger partial charge in [0.25, 0.3) is 0 Å². The third-order valence-corrected chi connectivity index (χ3v) is 5.54. The average molecular weight is 428 g/mol. The molecular weight excluding hydrogens is 394 g/mol. The maximum absolute atomic E-state index is 6.19. The molecule has 0 spiro atoms. The number of hydrogen-bond acceptors (Lipinski definition) is 11. The van der Waals surface area contributed by atoms with E-state index in [1.54, 1.807) is 0 Å². The molecule has 31 heavy (non-hydrogen) atoms. The highest BCUT2D eigenvalue weighted by Gasteiger charge is 2.28. The molecule has 1 aromatic carbocycles. The molecule has 4 atom stereocenters. The summed E-state index contributed by atoms with van der Waals surface area (Å²) < 4.78 is 0. The Morgan fingerprint density at radius 3 is 1.77 bits per heavy atom. The molecule has 2 aromatic rings. The predicted octanol–water partition coefficient (Wildman–Crippen LogP) is -0.652. The molecule has 0 radical (unpaired) electrons. The van der Waals surface area contributed by atoms with Crippen LogP contribution in [0.3, 0.4) is 0 Å². The normalized spacial score (nSPS) is 26.6. The zero-order valence-electron chi connectivity index (χ0n) is 17.9. The summed E-state index contributed by atoms with van der Waals surface area (Å²) in [6.07, 6.45) is 1.56. The standard InChI is InChI=1S/C20H33N11/c1-12-3-2-4-17(5-12)28-29-18-25-19(30-8-13(21)6-14(22)9-30)27-20(26-18)31-10-15(23)7-16(24)11-31/h2-5,13-16,28H,6-11,21-24H2,1H3,(H,25,26,27,29)/t13-,14+,15-,16+. The molecule has 3 heterocycles. The van der Waals surface area contributed by atoms with Crippen LogP contribution in [0, 0.1) is 6.92 Å². The Hall–Kier alpha value is -2.73. The van der Waals surface area contributed by atoms with Gasteiger partial charge in [0.15, 0.2) is 0 Å². The van der Waals surface area contributed by atoms with Gasteiger partial charge in [-0.25, -0.2) is 0 Å². The van der Waals surface area contributed by atoms with E-state index in [0.29, 0.717) is 44.0 Å². The van der Waals surface area contributed by atoms with Crippen molar-refractivity contribution in [3.05, 3.63) is 29.8 Å². The van der Waals surface area contributed by atoms with Crippen molar-refractivity contribution >= 4 is 23.5 Å². The van der Waals surface area contributed by atoms with E-state index in [1.807, 2.05) is 41.0 Å². The van der Waals surface area contributed by atoms with Crippen molar-refractivity contribution in [2.24, 2.45) is 22.9 Å². The molecule has 168 valence electrons. The van der Waals surface area contributed by atoms with Gasteiger partial charge in [-0.15, -0.1) is 0 Å². The Morgan fingerprint density at radius 1 is 0.774 bits per heavy atom. The number of hydrazine groups is 1. The summed E-state index contributed by atoms with van der Waals surface area (Å²) in [5.41, 5.74) is 33.1. The zero-order valence-corrected chi connectivity index (χ0v) is 17.9. The van der Waals surface area contributed by atoms with Crippen LogP contribution in [0.1, 0.15) is 18.4 Å². The third kappa shape index (κ3) is 5.50. The van der Waals surface area contributed by atoms with Crippen LogP contribution in [-0.2, 0) is 0 Å². The Balaban J connectivity index is 1.61. The van der Waals surface area contributed by atoms with Crippen molar-refractivity contribution in [3.63, 3.8) is 0 Å². The highest BCUT2D eigenvalue weighted by molar-refractivity contribution is 5.52. The molecule has 1 aromatic heterocycles. The number of aromatic nitrogens is 3. The van der Waals surface area contributed by atoms with Gasteiger partial charge in [0, 0.05) is 50.3 Å². The van der Waals surface area contributed by atoms with Gasteiger partial charge in [0.05, 0.1) is 5.69 Å². The molecule has 0 unspecified atom stereocenters. The largest absolute Gasteiger partial charge is 0.338 e.